The van der Waals surface area contributed by atoms with Gasteiger partial charge in [-0.1, -0.05) is 17.7 Å². The Morgan fingerprint density at radius 3 is 3.06 bits per heavy atom. The van der Waals surface area contributed by atoms with E-state index in [1.54, 1.807) is 6.07 Å². The van der Waals surface area contributed by atoms with Crippen LogP contribution in [0.5, 0.6) is 0 Å². The normalized spacial score (nSPS) is 19.6. The standard InChI is InChI=1S/C12H13BrClNOS2/c13-10-3-1-2-9(11(10)14)12(16)15-6-8-7-17-4-5-18-8/h1-3,8H,4-7H2,(H,15,16). The van der Waals surface area contributed by atoms with Crippen LogP contribution in [0.15, 0.2) is 22.7 Å². The van der Waals surface area contributed by atoms with Crippen molar-refractivity contribution in [1.29, 1.82) is 0 Å². The summed E-state index contributed by atoms with van der Waals surface area (Å²) in [4.78, 5) is 12.0. The molecule has 1 saturated heterocycles. The number of thioether (sulfide) groups is 2. The quantitative estimate of drug-likeness (QED) is 0.885. The number of carbonyl (C=O) groups excluding carboxylic acids is 1. The molecule has 6 heteroatoms. The van der Waals surface area contributed by atoms with E-state index in [1.165, 1.54) is 11.5 Å². The van der Waals surface area contributed by atoms with E-state index >= 15 is 0 Å². The molecule has 2 nitrogen and oxygen atoms in total. The summed E-state index contributed by atoms with van der Waals surface area (Å²) in [6, 6.07) is 5.38. The van der Waals surface area contributed by atoms with Crippen LogP contribution in [0.3, 0.4) is 0 Å². The van der Waals surface area contributed by atoms with Gasteiger partial charge in [-0.05, 0) is 28.1 Å². The number of hydrogen-bond acceptors (Lipinski definition) is 3. The molecule has 98 valence electrons. The molecule has 1 amide bonds. The molecule has 0 aliphatic carbocycles. The van der Waals surface area contributed by atoms with Crippen molar-refractivity contribution >= 4 is 57.0 Å². The zero-order valence-electron chi connectivity index (χ0n) is 9.62. The van der Waals surface area contributed by atoms with Crippen molar-refractivity contribution in [1.82, 2.24) is 5.32 Å². The maximum Gasteiger partial charge on any atom is 0.252 e. The average Bonchev–Trinajstić information content (AvgIpc) is 2.40. The van der Waals surface area contributed by atoms with Gasteiger partial charge in [0.2, 0.25) is 0 Å². The second-order valence-electron chi connectivity index (χ2n) is 3.88. The molecule has 0 aromatic heterocycles. The van der Waals surface area contributed by atoms with Crippen molar-refractivity contribution in [2.24, 2.45) is 0 Å². The third-order valence-corrected chi connectivity index (χ3v) is 6.71. The third-order valence-electron chi connectivity index (χ3n) is 2.57. The SMILES string of the molecule is O=C(NCC1CSCCS1)c1cccc(Br)c1Cl. The van der Waals surface area contributed by atoms with Crippen LogP contribution in [0, 0.1) is 0 Å². The molecule has 1 atom stereocenters. The van der Waals surface area contributed by atoms with Crippen LogP contribution in [0.2, 0.25) is 5.02 Å². The summed E-state index contributed by atoms with van der Waals surface area (Å²) in [5.41, 5.74) is 0.527. The van der Waals surface area contributed by atoms with Crippen LogP contribution < -0.4 is 5.32 Å². The van der Waals surface area contributed by atoms with Crippen molar-refractivity contribution in [2.45, 2.75) is 5.25 Å². The molecule has 1 N–H and O–H groups in total. The van der Waals surface area contributed by atoms with Crippen molar-refractivity contribution in [3.63, 3.8) is 0 Å². The lowest BCUT2D eigenvalue weighted by Gasteiger charge is -2.21. The monoisotopic (exact) mass is 365 g/mol. The molecule has 2 rings (SSSR count). The maximum absolute atomic E-state index is 12.0. The Balaban J connectivity index is 1.93. The maximum atomic E-state index is 12.0. The summed E-state index contributed by atoms with van der Waals surface area (Å²) >= 11 is 13.3. The molecule has 1 aromatic rings. The van der Waals surface area contributed by atoms with E-state index in [9.17, 15) is 4.79 Å². The van der Waals surface area contributed by atoms with E-state index < -0.39 is 0 Å². The van der Waals surface area contributed by atoms with Gasteiger partial charge in [-0.2, -0.15) is 23.5 Å². The topological polar surface area (TPSA) is 29.1 Å². The minimum absolute atomic E-state index is 0.0996. The molecular weight excluding hydrogens is 354 g/mol. The fourth-order valence-electron chi connectivity index (χ4n) is 1.64. The Morgan fingerprint density at radius 2 is 2.33 bits per heavy atom. The Bertz CT molecular complexity index is 438. The predicted octanol–water partition coefficient (Wildman–Crippen LogP) is 3.68. The van der Waals surface area contributed by atoms with Crippen LogP contribution in [0.1, 0.15) is 10.4 Å². The van der Waals surface area contributed by atoms with Crippen molar-refractivity contribution in [3.05, 3.63) is 33.3 Å². The van der Waals surface area contributed by atoms with Gasteiger partial charge in [0.25, 0.3) is 5.91 Å². The first-order valence-corrected chi connectivity index (χ1v) is 8.97. The summed E-state index contributed by atoms with van der Waals surface area (Å²) < 4.78 is 0.749. The third kappa shape index (κ3) is 3.83. The number of nitrogens with one attached hydrogen (secondary N) is 1. The number of rotatable bonds is 3. The van der Waals surface area contributed by atoms with Gasteiger partial charge in [0.05, 0.1) is 10.6 Å². The number of benzene rings is 1. The number of carbonyl (C=O) groups is 1. The molecule has 0 saturated carbocycles. The molecule has 1 fully saturated rings. The molecule has 0 spiro atoms. The van der Waals surface area contributed by atoms with Crippen LogP contribution in [0.25, 0.3) is 0 Å². The Hall–Kier alpha value is 0.160. The fourth-order valence-corrected chi connectivity index (χ4v) is 4.83. The van der Waals surface area contributed by atoms with Crippen LogP contribution in [0.4, 0.5) is 0 Å². The van der Waals surface area contributed by atoms with Crippen molar-refractivity contribution < 1.29 is 4.79 Å². The van der Waals surface area contributed by atoms with E-state index in [4.69, 9.17) is 11.6 Å². The highest BCUT2D eigenvalue weighted by Gasteiger charge is 2.17. The van der Waals surface area contributed by atoms with Crippen molar-refractivity contribution in [2.75, 3.05) is 23.8 Å². The van der Waals surface area contributed by atoms with Gasteiger partial charge in [0, 0.05) is 33.5 Å². The lowest BCUT2D eigenvalue weighted by molar-refractivity contribution is 0.0954. The number of hydrogen-bond donors (Lipinski definition) is 1. The summed E-state index contributed by atoms with van der Waals surface area (Å²) in [5, 5.41) is 3.94. The molecule has 1 aliphatic rings. The molecular formula is C12H13BrClNOS2. The van der Waals surface area contributed by atoms with E-state index in [0.717, 1.165) is 10.2 Å². The van der Waals surface area contributed by atoms with Crippen molar-refractivity contribution in [3.8, 4) is 0 Å². The Kier molecular flexibility index (Phi) is 5.73. The van der Waals surface area contributed by atoms with Gasteiger partial charge in [-0.25, -0.2) is 0 Å². The number of amides is 1. The van der Waals surface area contributed by atoms with Gasteiger partial charge in [0.1, 0.15) is 0 Å². The lowest BCUT2D eigenvalue weighted by Crippen LogP contribution is -2.33. The molecule has 1 heterocycles. The first-order valence-electron chi connectivity index (χ1n) is 5.60. The van der Waals surface area contributed by atoms with Gasteiger partial charge >= 0.3 is 0 Å². The fraction of sp³-hybridized carbons (Fsp3) is 0.417. The predicted molar refractivity (Wildman–Crippen MR) is 85.1 cm³/mol. The minimum Gasteiger partial charge on any atom is -0.351 e. The summed E-state index contributed by atoms with van der Waals surface area (Å²) in [7, 11) is 0. The summed E-state index contributed by atoms with van der Waals surface area (Å²) in [6.07, 6.45) is 0. The molecule has 18 heavy (non-hydrogen) atoms. The highest BCUT2D eigenvalue weighted by molar-refractivity contribution is 9.10. The van der Waals surface area contributed by atoms with Gasteiger partial charge in [0.15, 0.2) is 0 Å². The lowest BCUT2D eigenvalue weighted by atomic mass is 10.2. The van der Waals surface area contributed by atoms with Crippen LogP contribution in [-0.2, 0) is 0 Å². The van der Waals surface area contributed by atoms with Crippen LogP contribution in [-0.4, -0.2) is 35.0 Å². The highest BCUT2D eigenvalue weighted by atomic mass is 79.9. The van der Waals surface area contributed by atoms with Gasteiger partial charge < -0.3 is 5.32 Å². The summed E-state index contributed by atoms with van der Waals surface area (Å²) in [5.74, 6) is 3.39. The first kappa shape index (κ1) is 14.6. The summed E-state index contributed by atoms with van der Waals surface area (Å²) in [6.45, 7) is 0.708. The van der Waals surface area contributed by atoms with E-state index in [0.29, 0.717) is 22.4 Å². The van der Waals surface area contributed by atoms with E-state index in [1.807, 2.05) is 35.7 Å². The zero-order valence-corrected chi connectivity index (χ0v) is 13.6. The largest absolute Gasteiger partial charge is 0.351 e. The minimum atomic E-state index is -0.0996. The molecule has 0 bridgehead atoms. The number of halogens is 2. The van der Waals surface area contributed by atoms with Gasteiger partial charge in [-0.3, -0.25) is 4.79 Å². The Labute approximate surface area is 129 Å². The van der Waals surface area contributed by atoms with Gasteiger partial charge in [-0.15, -0.1) is 0 Å². The second kappa shape index (κ2) is 7.08. The van der Waals surface area contributed by atoms with E-state index in [2.05, 4.69) is 21.2 Å². The smallest absolute Gasteiger partial charge is 0.252 e. The molecule has 1 aliphatic heterocycles. The van der Waals surface area contributed by atoms with E-state index in [-0.39, 0.29) is 5.91 Å². The van der Waals surface area contributed by atoms with Crippen LogP contribution >= 0.6 is 51.1 Å². The molecule has 1 unspecified atom stereocenters. The molecule has 0 radical (unpaired) electrons. The first-order chi connectivity index (χ1) is 8.68. The highest BCUT2D eigenvalue weighted by Crippen LogP contribution is 2.26. The second-order valence-corrected chi connectivity index (χ2v) is 7.67. The average molecular weight is 367 g/mol. The Morgan fingerprint density at radius 1 is 1.50 bits per heavy atom. The zero-order chi connectivity index (χ0) is 13.0. The molecule has 1 aromatic carbocycles.